The fraction of sp³-hybridized carbons (Fsp3) is 0.500. The maximum atomic E-state index is 11.3. The third-order valence-corrected chi connectivity index (χ3v) is 3.57. The third-order valence-electron chi connectivity index (χ3n) is 3.57. The molecule has 23 heavy (non-hydrogen) atoms. The minimum absolute atomic E-state index is 0.119. The first-order valence-corrected chi connectivity index (χ1v) is 7.75. The maximum absolute atomic E-state index is 11.3. The fourth-order valence-corrected chi connectivity index (χ4v) is 2.32. The van der Waals surface area contributed by atoms with E-state index in [1.165, 1.54) is 0 Å². The van der Waals surface area contributed by atoms with E-state index in [0.29, 0.717) is 25.6 Å². The van der Waals surface area contributed by atoms with Gasteiger partial charge in [-0.15, -0.1) is 0 Å². The molecule has 0 spiro atoms. The van der Waals surface area contributed by atoms with Gasteiger partial charge in [0, 0.05) is 33.1 Å². The van der Waals surface area contributed by atoms with E-state index in [-0.39, 0.29) is 5.91 Å². The molecule has 0 bridgehead atoms. The molecule has 1 heterocycles. The van der Waals surface area contributed by atoms with Gasteiger partial charge in [-0.05, 0) is 12.1 Å². The van der Waals surface area contributed by atoms with Crippen molar-refractivity contribution < 1.29 is 14.4 Å². The minimum Gasteiger partial charge on any atom is -0.490 e. The highest BCUT2D eigenvalue weighted by molar-refractivity contribution is 5.81. The first kappa shape index (κ1) is 17.1. The second-order valence-corrected chi connectivity index (χ2v) is 5.36. The van der Waals surface area contributed by atoms with Crippen LogP contribution in [0.3, 0.4) is 0 Å². The highest BCUT2D eigenvalue weighted by Gasteiger charge is 2.18. The molecule has 1 aliphatic heterocycles. The zero-order valence-electron chi connectivity index (χ0n) is 13.5. The van der Waals surface area contributed by atoms with Crippen LogP contribution in [0.25, 0.3) is 0 Å². The van der Waals surface area contributed by atoms with Gasteiger partial charge in [0.05, 0.1) is 6.54 Å². The molecule has 7 nitrogen and oxygen atoms in total. The molecule has 1 aromatic rings. The molecule has 1 aliphatic rings. The van der Waals surface area contributed by atoms with Crippen LogP contribution in [-0.2, 0) is 9.63 Å². The number of oxime groups is 1. The summed E-state index contributed by atoms with van der Waals surface area (Å²) in [5, 5.41) is 3.90. The second kappa shape index (κ2) is 8.99. The van der Waals surface area contributed by atoms with Crippen LogP contribution in [0.15, 0.2) is 35.5 Å². The summed E-state index contributed by atoms with van der Waals surface area (Å²) < 4.78 is 5.49. The van der Waals surface area contributed by atoms with Gasteiger partial charge < -0.3 is 20.2 Å². The summed E-state index contributed by atoms with van der Waals surface area (Å²) in [6.45, 7) is 5.95. The van der Waals surface area contributed by atoms with Gasteiger partial charge in [0.15, 0.2) is 12.4 Å². The van der Waals surface area contributed by atoms with Crippen LogP contribution in [0, 0.1) is 0 Å². The third kappa shape index (κ3) is 6.15. The topological polar surface area (TPSA) is 80.4 Å². The average molecular weight is 320 g/mol. The van der Waals surface area contributed by atoms with Crippen molar-refractivity contribution >= 4 is 11.7 Å². The number of benzene rings is 1. The molecule has 126 valence electrons. The zero-order valence-corrected chi connectivity index (χ0v) is 13.5. The Morgan fingerprint density at radius 2 is 1.87 bits per heavy atom. The molecule has 1 amide bonds. The van der Waals surface area contributed by atoms with Gasteiger partial charge in [-0.2, -0.15) is 0 Å². The van der Waals surface area contributed by atoms with Gasteiger partial charge >= 0.3 is 0 Å². The Balaban J connectivity index is 1.59. The van der Waals surface area contributed by atoms with E-state index < -0.39 is 0 Å². The summed E-state index contributed by atoms with van der Waals surface area (Å²) >= 11 is 0. The Kier molecular flexibility index (Phi) is 6.68. The molecular weight excluding hydrogens is 296 g/mol. The molecule has 1 saturated heterocycles. The number of amidine groups is 1. The normalized spacial score (nSPS) is 16.2. The van der Waals surface area contributed by atoms with Crippen LogP contribution in [0.5, 0.6) is 5.75 Å². The number of carbonyl (C=O) groups is 1. The van der Waals surface area contributed by atoms with Crippen molar-refractivity contribution in [3.8, 4) is 5.75 Å². The highest BCUT2D eigenvalue weighted by Crippen LogP contribution is 2.07. The van der Waals surface area contributed by atoms with Crippen LogP contribution in [0.4, 0.5) is 0 Å². The molecule has 0 unspecified atom stereocenters. The van der Waals surface area contributed by atoms with Crippen LogP contribution in [-0.4, -0.2) is 67.5 Å². The van der Waals surface area contributed by atoms with Crippen LogP contribution in [0.1, 0.15) is 6.92 Å². The average Bonchev–Trinajstić information content (AvgIpc) is 2.56. The lowest BCUT2D eigenvalue weighted by atomic mass is 10.3. The molecule has 1 fully saturated rings. The number of nitrogens with two attached hydrogens (primary N) is 1. The van der Waals surface area contributed by atoms with E-state index in [0.717, 1.165) is 31.9 Å². The largest absolute Gasteiger partial charge is 0.490 e. The molecule has 1 aromatic carbocycles. The Morgan fingerprint density at radius 1 is 1.17 bits per heavy atom. The molecular formula is C16H24N4O3. The van der Waals surface area contributed by atoms with Crippen molar-refractivity contribution in [1.82, 2.24) is 9.80 Å². The number of hydrogen-bond acceptors (Lipinski definition) is 5. The Hall–Kier alpha value is -2.28. The molecule has 0 atom stereocenters. The smallest absolute Gasteiger partial charge is 0.219 e. The number of para-hydroxylation sites is 1. The summed E-state index contributed by atoms with van der Waals surface area (Å²) in [7, 11) is 0. The molecule has 0 aromatic heterocycles. The van der Waals surface area contributed by atoms with Crippen LogP contribution >= 0.6 is 0 Å². The molecule has 7 heteroatoms. The number of rotatable bonds is 7. The predicted octanol–water partition coefficient (Wildman–Crippen LogP) is 0.518. The summed E-state index contributed by atoms with van der Waals surface area (Å²) in [5.41, 5.74) is 5.85. The van der Waals surface area contributed by atoms with Crippen LogP contribution in [0.2, 0.25) is 0 Å². The number of hydrogen-bond donors (Lipinski definition) is 1. The zero-order chi connectivity index (χ0) is 16.5. The van der Waals surface area contributed by atoms with Gasteiger partial charge in [0.1, 0.15) is 12.4 Å². The summed E-state index contributed by atoms with van der Waals surface area (Å²) in [4.78, 5) is 20.4. The monoisotopic (exact) mass is 320 g/mol. The van der Waals surface area contributed by atoms with Gasteiger partial charge in [-0.25, -0.2) is 0 Å². The van der Waals surface area contributed by atoms with E-state index in [1.807, 2.05) is 35.2 Å². The van der Waals surface area contributed by atoms with E-state index >= 15 is 0 Å². The maximum Gasteiger partial charge on any atom is 0.219 e. The summed E-state index contributed by atoms with van der Waals surface area (Å²) in [5.74, 6) is 1.35. The SMILES string of the molecule is CC(=O)N1CCN(C/C(N)=N\OCCOc2ccccc2)CC1. The first-order chi connectivity index (χ1) is 11.1. The van der Waals surface area contributed by atoms with Crippen molar-refractivity contribution in [3.63, 3.8) is 0 Å². The number of carbonyl (C=O) groups excluding carboxylic acids is 1. The molecule has 2 N–H and O–H groups in total. The quantitative estimate of drug-likeness (QED) is 0.343. The van der Waals surface area contributed by atoms with Crippen molar-refractivity contribution in [1.29, 1.82) is 0 Å². The first-order valence-electron chi connectivity index (χ1n) is 7.75. The van der Waals surface area contributed by atoms with Gasteiger partial charge in [0.25, 0.3) is 0 Å². The fourth-order valence-electron chi connectivity index (χ4n) is 2.32. The summed E-state index contributed by atoms with van der Waals surface area (Å²) in [6.07, 6.45) is 0. The summed E-state index contributed by atoms with van der Waals surface area (Å²) in [6, 6.07) is 9.54. The van der Waals surface area contributed by atoms with Crippen molar-refractivity contribution in [2.24, 2.45) is 10.9 Å². The van der Waals surface area contributed by atoms with Crippen molar-refractivity contribution in [2.45, 2.75) is 6.92 Å². The van der Waals surface area contributed by atoms with Crippen LogP contribution < -0.4 is 10.5 Å². The lowest BCUT2D eigenvalue weighted by molar-refractivity contribution is -0.130. The lowest BCUT2D eigenvalue weighted by Crippen LogP contribution is -2.50. The van der Waals surface area contributed by atoms with E-state index in [4.69, 9.17) is 15.3 Å². The van der Waals surface area contributed by atoms with E-state index in [1.54, 1.807) is 6.92 Å². The van der Waals surface area contributed by atoms with E-state index in [2.05, 4.69) is 10.1 Å². The number of piperazine rings is 1. The molecule has 0 radical (unpaired) electrons. The minimum atomic E-state index is 0.119. The second-order valence-electron chi connectivity index (χ2n) is 5.36. The van der Waals surface area contributed by atoms with Crippen molar-refractivity contribution in [2.75, 3.05) is 45.9 Å². The van der Waals surface area contributed by atoms with Gasteiger partial charge in [-0.3, -0.25) is 9.69 Å². The Labute approximate surface area is 136 Å². The Bertz CT molecular complexity index is 513. The molecule has 0 aliphatic carbocycles. The number of amides is 1. The lowest BCUT2D eigenvalue weighted by Gasteiger charge is -2.33. The standard InChI is InChI=1S/C16H24N4O3/c1-14(21)20-9-7-19(8-10-20)13-16(17)18-23-12-11-22-15-5-3-2-4-6-15/h2-6H,7-13H2,1H3,(H2,17,18). The van der Waals surface area contributed by atoms with E-state index in [9.17, 15) is 4.79 Å². The van der Waals surface area contributed by atoms with Crippen molar-refractivity contribution in [3.05, 3.63) is 30.3 Å². The van der Waals surface area contributed by atoms with Gasteiger partial charge in [0.2, 0.25) is 5.91 Å². The Morgan fingerprint density at radius 3 is 2.52 bits per heavy atom. The molecule has 2 rings (SSSR count). The number of ether oxygens (including phenoxy) is 1. The van der Waals surface area contributed by atoms with Gasteiger partial charge in [-0.1, -0.05) is 23.4 Å². The highest BCUT2D eigenvalue weighted by atomic mass is 16.6. The molecule has 0 saturated carbocycles. The number of nitrogens with zero attached hydrogens (tertiary/aromatic N) is 3. The predicted molar refractivity (Wildman–Crippen MR) is 88.2 cm³/mol.